The lowest BCUT2D eigenvalue weighted by atomic mass is 10.1. The monoisotopic (exact) mass is 282 g/mol. The van der Waals surface area contributed by atoms with Gasteiger partial charge in [-0.05, 0) is 25.0 Å². The van der Waals surface area contributed by atoms with E-state index in [0.29, 0.717) is 6.54 Å². The normalized spacial score (nSPS) is 12.4. The van der Waals surface area contributed by atoms with Gasteiger partial charge < -0.3 is 14.9 Å². The van der Waals surface area contributed by atoms with E-state index in [2.05, 4.69) is 27.4 Å². The number of carbonyl (C=O) groups is 1. The first kappa shape index (κ1) is 13.4. The Morgan fingerprint density at radius 1 is 1.43 bits per heavy atom. The summed E-state index contributed by atoms with van der Waals surface area (Å²) in [5.74, 6) is 0.00726. The summed E-state index contributed by atoms with van der Waals surface area (Å²) >= 11 is 0. The quantitative estimate of drug-likeness (QED) is 0.754. The van der Waals surface area contributed by atoms with E-state index in [1.807, 2.05) is 25.3 Å². The Morgan fingerprint density at radius 3 is 3.10 bits per heavy atom. The summed E-state index contributed by atoms with van der Waals surface area (Å²) in [6.45, 7) is 2.49. The molecule has 0 aliphatic carbocycles. The first-order valence-electron chi connectivity index (χ1n) is 7.06. The van der Waals surface area contributed by atoms with Gasteiger partial charge in [0.25, 0.3) is 0 Å². The number of H-pyrrole nitrogens is 1. The second kappa shape index (κ2) is 5.83. The van der Waals surface area contributed by atoms with E-state index in [0.717, 1.165) is 11.9 Å². The number of para-hydroxylation sites is 1. The maximum absolute atomic E-state index is 12.1. The van der Waals surface area contributed by atoms with Crippen LogP contribution in [0.4, 0.5) is 0 Å². The predicted molar refractivity (Wildman–Crippen MR) is 82.0 cm³/mol. The summed E-state index contributed by atoms with van der Waals surface area (Å²) in [6.07, 6.45) is 7.95. The molecule has 0 radical (unpaired) electrons. The van der Waals surface area contributed by atoms with Crippen LogP contribution in [0.3, 0.4) is 0 Å². The highest BCUT2D eigenvalue weighted by Crippen LogP contribution is 2.17. The van der Waals surface area contributed by atoms with Gasteiger partial charge in [-0.25, -0.2) is 4.98 Å². The standard InChI is InChI=1S/C16H18N4O/c1-12(20-9-8-17-11-20)16(21)18-7-6-13-10-19-15-5-3-2-4-14(13)15/h2-5,8-12,19H,6-7H2,1H3,(H,18,21)/t12-/m0/s1. The van der Waals surface area contributed by atoms with Crippen LogP contribution in [0.1, 0.15) is 18.5 Å². The summed E-state index contributed by atoms with van der Waals surface area (Å²) < 4.78 is 1.79. The minimum Gasteiger partial charge on any atom is -0.361 e. The molecule has 0 aliphatic heterocycles. The third-order valence-electron chi connectivity index (χ3n) is 3.72. The highest BCUT2D eigenvalue weighted by Gasteiger charge is 2.13. The molecule has 2 heterocycles. The Morgan fingerprint density at radius 2 is 2.29 bits per heavy atom. The number of fused-ring (bicyclic) bond motifs is 1. The van der Waals surface area contributed by atoms with Crippen molar-refractivity contribution in [2.45, 2.75) is 19.4 Å². The van der Waals surface area contributed by atoms with Gasteiger partial charge in [0, 0.05) is 36.0 Å². The molecule has 0 fully saturated rings. The minimum absolute atomic E-state index is 0.00726. The summed E-state index contributed by atoms with van der Waals surface area (Å²) in [7, 11) is 0. The van der Waals surface area contributed by atoms with Crippen LogP contribution < -0.4 is 5.32 Å². The average Bonchev–Trinajstić information content (AvgIpc) is 3.16. The number of hydrogen-bond acceptors (Lipinski definition) is 2. The van der Waals surface area contributed by atoms with Crippen molar-refractivity contribution in [1.29, 1.82) is 0 Å². The zero-order valence-corrected chi connectivity index (χ0v) is 11.9. The summed E-state index contributed by atoms with van der Waals surface area (Å²) in [5, 5.41) is 4.19. The van der Waals surface area contributed by atoms with Crippen LogP contribution >= 0.6 is 0 Å². The van der Waals surface area contributed by atoms with Crippen molar-refractivity contribution in [2.24, 2.45) is 0 Å². The van der Waals surface area contributed by atoms with Gasteiger partial charge in [0.15, 0.2) is 0 Å². The molecular formula is C16H18N4O. The maximum Gasteiger partial charge on any atom is 0.242 e. The number of benzene rings is 1. The van der Waals surface area contributed by atoms with Crippen LogP contribution in [0.15, 0.2) is 49.2 Å². The smallest absolute Gasteiger partial charge is 0.242 e. The molecule has 0 unspecified atom stereocenters. The largest absolute Gasteiger partial charge is 0.361 e. The molecule has 0 saturated heterocycles. The third kappa shape index (κ3) is 2.81. The van der Waals surface area contributed by atoms with Crippen molar-refractivity contribution in [1.82, 2.24) is 19.9 Å². The van der Waals surface area contributed by atoms with Gasteiger partial charge >= 0.3 is 0 Å². The molecule has 1 aromatic carbocycles. The van der Waals surface area contributed by atoms with Crippen LogP contribution in [0.5, 0.6) is 0 Å². The molecule has 1 atom stereocenters. The maximum atomic E-state index is 12.1. The van der Waals surface area contributed by atoms with Gasteiger partial charge in [0.05, 0.1) is 6.33 Å². The first-order chi connectivity index (χ1) is 10.3. The second-order valence-electron chi connectivity index (χ2n) is 5.09. The molecule has 3 rings (SSSR count). The molecule has 0 spiro atoms. The van der Waals surface area contributed by atoms with E-state index in [1.54, 1.807) is 23.3 Å². The highest BCUT2D eigenvalue weighted by atomic mass is 16.2. The molecule has 3 aromatic rings. The van der Waals surface area contributed by atoms with E-state index < -0.39 is 0 Å². The molecule has 0 aliphatic rings. The van der Waals surface area contributed by atoms with Crippen LogP contribution in [0, 0.1) is 0 Å². The Labute approximate surface area is 123 Å². The van der Waals surface area contributed by atoms with Gasteiger partial charge in [0.1, 0.15) is 6.04 Å². The number of aromatic amines is 1. The fraction of sp³-hybridized carbons (Fsp3) is 0.250. The molecule has 108 valence electrons. The zero-order chi connectivity index (χ0) is 14.7. The molecule has 5 heteroatoms. The lowest BCUT2D eigenvalue weighted by molar-refractivity contribution is -0.123. The number of nitrogens with one attached hydrogen (secondary N) is 2. The molecule has 0 saturated carbocycles. The molecule has 2 aromatic heterocycles. The van der Waals surface area contributed by atoms with Gasteiger partial charge in [-0.15, -0.1) is 0 Å². The number of amides is 1. The molecule has 2 N–H and O–H groups in total. The lowest BCUT2D eigenvalue weighted by Gasteiger charge is -2.13. The molecule has 5 nitrogen and oxygen atoms in total. The zero-order valence-electron chi connectivity index (χ0n) is 11.9. The van der Waals surface area contributed by atoms with Crippen molar-refractivity contribution in [3.05, 3.63) is 54.7 Å². The Bertz CT molecular complexity index is 730. The van der Waals surface area contributed by atoms with Crippen molar-refractivity contribution >= 4 is 16.8 Å². The van der Waals surface area contributed by atoms with Crippen molar-refractivity contribution < 1.29 is 4.79 Å². The predicted octanol–water partition coefficient (Wildman–Crippen LogP) is 2.28. The van der Waals surface area contributed by atoms with Crippen LogP contribution in [-0.4, -0.2) is 27.0 Å². The Kier molecular flexibility index (Phi) is 3.73. The van der Waals surface area contributed by atoms with Gasteiger partial charge in [-0.3, -0.25) is 4.79 Å². The molecule has 21 heavy (non-hydrogen) atoms. The van der Waals surface area contributed by atoms with E-state index in [9.17, 15) is 4.79 Å². The fourth-order valence-corrected chi connectivity index (χ4v) is 2.44. The van der Waals surface area contributed by atoms with Gasteiger partial charge in [0.2, 0.25) is 5.91 Å². The molecular weight excluding hydrogens is 264 g/mol. The number of rotatable bonds is 5. The Hall–Kier alpha value is -2.56. The summed E-state index contributed by atoms with van der Waals surface area (Å²) in [4.78, 5) is 19.3. The van der Waals surface area contributed by atoms with Crippen LogP contribution in [0.25, 0.3) is 10.9 Å². The Balaban J connectivity index is 1.57. The average molecular weight is 282 g/mol. The fourth-order valence-electron chi connectivity index (χ4n) is 2.44. The van der Waals surface area contributed by atoms with Crippen molar-refractivity contribution in [3.8, 4) is 0 Å². The van der Waals surface area contributed by atoms with Crippen molar-refractivity contribution in [3.63, 3.8) is 0 Å². The summed E-state index contributed by atoms with van der Waals surface area (Å²) in [6, 6.07) is 7.95. The van der Waals surface area contributed by atoms with Gasteiger partial charge in [-0.1, -0.05) is 18.2 Å². The number of hydrogen-bond donors (Lipinski definition) is 2. The molecule has 1 amide bonds. The summed E-state index contributed by atoms with van der Waals surface area (Å²) in [5.41, 5.74) is 2.35. The number of aromatic nitrogens is 3. The van der Waals surface area contributed by atoms with E-state index in [-0.39, 0.29) is 11.9 Å². The van der Waals surface area contributed by atoms with Crippen LogP contribution in [0.2, 0.25) is 0 Å². The SMILES string of the molecule is C[C@@H](C(=O)NCCc1c[nH]c2ccccc12)n1ccnc1. The minimum atomic E-state index is -0.240. The van der Waals surface area contributed by atoms with Gasteiger partial charge in [-0.2, -0.15) is 0 Å². The second-order valence-corrected chi connectivity index (χ2v) is 5.09. The third-order valence-corrected chi connectivity index (χ3v) is 3.72. The van der Waals surface area contributed by atoms with E-state index >= 15 is 0 Å². The van der Waals surface area contributed by atoms with Crippen molar-refractivity contribution in [2.75, 3.05) is 6.54 Å². The van der Waals surface area contributed by atoms with E-state index in [1.165, 1.54) is 10.9 Å². The number of nitrogens with zero attached hydrogens (tertiary/aromatic N) is 2. The number of imidazole rings is 1. The topological polar surface area (TPSA) is 62.7 Å². The molecule has 0 bridgehead atoms. The highest BCUT2D eigenvalue weighted by molar-refractivity contribution is 5.83. The number of carbonyl (C=O) groups excluding carboxylic acids is 1. The lowest BCUT2D eigenvalue weighted by Crippen LogP contribution is -2.32. The van der Waals surface area contributed by atoms with E-state index in [4.69, 9.17) is 0 Å². The van der Waals surface area contributed by atoms with Crippen LogP contribution in [-0.2, 0) is 11.2 Å². The first-order valence-corrected chi connectivity index (χ1v) is 7.06.